The van der Waals surface area contributed by atoms with Crippen molar-refractivity contribution >= 4 is 28.4 Å². The maximum absolute atomic E-state index is 12.3. The number of nitriles is 1. The lowest BCUT2D eigenvalue weighted by Gasteiger charge is -2.39. The van der Waals surface area contributed by atoms with E-state index < -0.39 is 11.9 Å². The number of amides is 2. The van der Waals surface area contributed by atoms with Crippen LogP contribution in [0.25, 0.3) is 10.9 Å². The molecule has 0 spiro atoms. The Bertz CT molecular complexity index is 938. The van der Waals surface area contributed by atoms with Gasteiger partial charge in [-0.25, -0.2) is 0 Å². The molecule has 0 bridgehead atoms. The molecule has 1 aliphatic rings. The first-order valence-electron chi connectivity index (χ1n) is 9.26. The number of aromatic nitrogens is 1. The minimum absolute atomic E-state index is 0.0995. The molecule has 1 saturated heterocycles. The van der Waals surface area contributed by atoms with E-state index in [0.29, 0.717) is 23.5 Å². The van der Waals surface area contributed by atoms with Crippen molar-refractivity contribution in [2.24, 2.45) is 17.4 Å². The predicted octanol–water partition coefficient (Wildman–Crippen LogP) is 0.640. The van der Waals surface area contributed by atoms with Gasteiger partial charge in [0.25, 0.3) is 0 Å². The number of hydrogen-bond acceptors (Lipinski definition) is 6. The highest BCUT2D eigenvalue weighted by molar-refractivity contribution is 5.95. The highest BCUT2D eigenvalue weighted by Crippen LogP contribution is 2.31. The molecule has 2 aromatic rings. The third-order valence-corrected chi connectivity index (χ3v) is 4.97. The van der Waals surface area contributed by atoms with E-state index in [9.17, 15) is 14.9 Å². The normalized spacial score (nSPS) is 20.4. The second-order valence-corrected chi connectivity index (χ2v) is 7.37. The van der Waals surface area contributed by atoms with Gasteiger partial charge in [-0.3, -0.25) is 14.6 Å². The number of fused-ring (bicyclic) bond motifs is 1. The number of pyridine rings is 1. The van der Waals surface area contributed by atoms with E-state index in [0.717, 1.165) is 24.0 Å². The molecule has 0 aliphatic carbocycles. The zero-order valence-electron chi connectivity index (χ0n) is 15.8. The van der Waals surface area contributed by atoms with Gasteiger partial charge in [0, 0.05) is 36.4 Å². The summed E-state index contributed by atoms with van der Waals surface area (Å²) in [6.07, 6.45) is 2.32. The fraction of sp³-hybridized carbons (Fsp3) is 0.400. The molecule has 1 aliphatic heterocycles. The standard InChI is InChI=1S/C20H24N6O2/c1-12-7-14(25-20(28)16(22)8-18(23)27)11-26(10-12)17-5-4-13(9-21)19-15(17)3-2-6-24-19/h2-6,12,14,16H,7-8,10-11,22H2,1H3,(H2,23,27)(H,25,28)/t12-,14+,16+/m0/s1. The molecule has 5 N–H and O–H groups in total. The summed E-state index contributed by atoms with van der Waals surface area (Å²) in [4.78, 5) is 29.8. The van der Waals surface area contributed by atoms with Crippen molar-refractivity contribution in [2.75, 3.05) is 18.0 Å². The van der Waals surface area contributed by atoms with Gasteiger partial charge in [-0.15, -0.1) is 0 Å². The summed E-state index contributed by atoms with van der Waals surface area (Å²) in [7, 11) is 0. The number of benzene rings is 1. The summed E-state index contributed by atoms with van der Waals surface area (Å²) >= 11 is 0. The summed E-state index contributed by atoms with van der Waals surface area (Å²) in [6, 6.07) is 8.65. The Morgan fingerprint density at radius 2 is 2.18 bits per heavy atom. The van der Waals surface area contributed by atoms with E-state index >= 15 is 0 Å². The molecule has 0 radical (unpaired) electrons. The predicted molar refractivity (Wildman–Crippen MR) is 106 cm³/mol. The maximum Gasteiger partial charge on any atom is 0.237 e. The molecule has 2 amide bonds. The fourth-order valence-electron chi connectivity index (χ4n) is 3.79. The van der Waals surface area contributed by atoms with Crippen molar-refractivity contribution in [1.29, 1.82) is 5.26 Å². The third kappa shape index (κ3) is 4.21. The molecule has 8 heteroatoms. The van der Waals surface area contributed by atoms with Gasteiger partial charge < -0.3 is 21.7 Å². The maximum atomic E-state index is 12.3. The minimum atomic E-state index is -0.942. The van der Waals surface area contributed by atoms with Gasteiger partial charge in [0.2, 0.25) is 11.8 Å². The zero-order chi connectivity index (χ0) is 20.3. The summed E-state index contributed by atoms with van der Waals surface area (Å²) in [5.41, 5.74) is 13.1. The first-order valence-corrected chi connectivity index (χ1v) is 9.26. The van der Waals surface area contributed by atoms with Gasteiger partial charge in [-0.2, -0.15) is 5.26 Å². The van der Waals surface area contributed by atoms with Gasteiger partial charge in [0.1, 0.15) is 6.07 Å². The smallest absolute Gasteiger partial charge is 0.237 e. The molecule has 2 heterocycles. The molecular weight excluding hydrogens is 356 g/mol. The van der Waals surface area contributed by atoms with Crippen LogP contribution >= 0.6 is 0 Å². The van der Waals surface area contributed by atoms with E-state index in [4.69, 9.17) is 11.5 Å². The van der Waals surface area contributed by atoms with E-state index in [1.54, 1.807) is 12.3 Å². The van der Waals surface area contributed by atoms with Gasteiger partial charge in [0.05, 0.1) is 23.5 Å². The fourth-order valence-corrected chi connectivity index (χ4v) is 3.79. The van der Waals surface area contributed by atoms with Crippen LogP contribution in [-0.2, 0) is 9.59 Å². The molecule has 8 nitrogen and oxygen atoms in total. The van der Waals surface area contributed by atoms with Crippen molar-refractivity contribution in [1.82, 2.24) is 10.3 Å². The van der Waals surface area contributed by atoms with Crippen LogP contribution < -0.4 is 21.7 Å². The lowest BCUT2D eigenvalue weighted by Crippen LogP contribution is -2.54. The van der Waals surface area contributed by atoms with Crippen LogP contribution in [0.5, 0.6) is 0 Å². The molecule has 1 aromatic carbocycles. The van der Waals surface area contributed by atoms with Gasteiger partial charge in [-0.1, -0.05) is 6.92 Å². The molecule has 1 aromatic heterocycles. The van der Waals surface area contributed by atoms with E-state index in [1.807, 2.05) is 18.2 Å². The first-order chi connectivity index (χ1) is 13.4. The molecule has 146 valence electrons. The average Bonchev–Trinajstić information content (AvgIpc) is 2.66. The first kappa shape index (κ1) is 19.6. The van der Waals surface area contributed by atoms with Crippen molar-refractivity contribution < 1.29 is 9.59 Å². The molecule has 3 rings (SSSR count). The number of carbonyl (C=O) groups excluding carboxylic acids is 2. The van der Waals surface area contributed by atoms with Gasteiger partial charge >= 0.3 is 0 Å². The highest BCUT2D eigenvalue weighted by atomic mass is 16.2. The Hall–Kier alpha value is -3.18. The van der Waals surface area contributed by atoms with E-state index in [-0.39, 0.29) is 18.4 Å². The van der Waals surface area contributed by atoms with E-state index in [2.05, 4.69) is 28.2 Å². The molecule has 3 atom stereocenters. The van der Waals surface area contributed by atoms with Crippen LogP contribution in [0.1, 0.15) is 25.3 Å². The Balaban J connectivity index is 1.82. The zero-order valence-corrected chi connectivity index (χ0v) is 15.8. The van der Waals surface area contributed by atoms with Crippen LogP contribution in [0.3, 0.4) is 0 Å². The lowest BCUT2D eigenvalue weighted by atomic mass is 9.94. The minimum Gasteiger partial charge on any atom is -0.370 e. The molecule has 0 unspecified atom stereocenters. The second-order valence-electron chi connectivity index (χ2n) is 7.37. The number of hydrogen-bond donors (Lipinski definition) is 3. The van der Waals surface area contributed by atoms with Crippen molar-refractivity contribution in [2.45, 2.75) is 31.8 Å². The number of primary amides is 1. The average molecular weight is 380 g/mol. The topological polar surface area (TPSA) is 138 Å². The SMILES string of the molecule is C[C@H]1C[C@@H](NC(=O)[C@H](N)CC(N)=O)CN(c2ccc(C#N)c3ncccc23)C1. The molecule has 0 saturated carbocycles. The van der Waals surface area contributed by atoms with Crippen molar-refractivity contribution in [3.63, 3.8) is 0 Å². The number of rotatable bonds is 5. The van der Waals surface area contributed by atoms with Crippen LogP contribution in [0.2, 0.25) is 0 Å². The van der Waals surface area contributed by atoms with Crippen LogP contribution in [0, 0.1) is 17.2 Å². The highest BCUT2D eigenvalue weighted by Gasteiger charge is 2.28. The number of nitrogens with two attached hydrogens (primary N) is 2. The summed E-state index contributed by atoms with van der Waals surface area (Å²) in [5.74, 6) is -0.629. The number of anilines is 1. The quantitative estimate of drug-likeness (QED) is 0.696. The Morgan fingerprint density at radius 3 is 2.89 bits per heavy atom. The number of carbonyl (C=O) groups is 2. The Labute approximate surface area is 163 Å². The third-order valence-electron chi connectivity index (χ3n) is 4.97. The van der Waals surface area contributed by atoms with Crippen LogP contribution in [0.15, 0.2) is 30.5 Å². The van der Waals surface area contributed by atoms with Crippen molar-refractivity contribution in [3.8, 4) is 6.07 Å². The number of nitrogens with one attached hydrogen (secondary N) is 1. The number of nitrogens with zero attached hydrogens (tertiary/aromatic N) is 3. The van der Waals surface area contributed by atoms with Gasteiger partial charge in [0.15, 0.2) is 0 Å². The monoisotopic (exact) mass is 380 g/mol. The second kappa shape index (κ2) is 8.23. The molecular formula is C20H24N6O2. The van der Waals surface area contributed by atoms with Crippen molar-refractivity contribution in [3.05, 3.63) is 36.0 Å². The summed E-state index contributed by atoms with van der Waals surface area (Å²) < 4.78 is 0. The largest absolute Gasteiger partial charge is 0.370 e. The Kier molecular flexibility index (Phi) is 5.76. The summed E-state index contributed by atoms with van der Waals surface area (Å²) in [5, 5.41) is 13.2. The lowest BCUT2D eigenvalue weighted by molar-refractivity contribution is -0.126. The number of piperidine rings is 1. The van der Waals surface area contributed by atoms with Crippen LogP contribution in [-0.4, -0.2) is 42.0 Å². The van der Waals surface area contributed by atoms with Crippen LogP contribution in [0.4, 0.5) is 5.69 Å². The summed E-state index contributed by atoms with van der Waals surface area (Å²) in [6.45, 7) is 3.56. The molecule has 28 heavy (non-hydrogen) atoms. The molecule has 1 fully saturated rings. The van der Waals surface area contributed by atoms with Gasteiger partial charge in [-0.05, 0) is 36.6 Å². The Morgan fingerprint density at radius 1 is 1.39 bits per heavy atom. The van der Waals surface area contributed by atoms with E-state index in [1.165, 1.54) is 0 Å².